The van der Waals surface area contributed by atoms with Crippen LogP contribution in [-0.4, -0.2) is 45.7 Å². The van der Waals surface area contributed by atoms with Gasteiger partial charge in [-0.2, -0.15) is 0 Å². The van der Waals surface area contributed by atoms with Gasteiger partial charge in [0.1, 0.15) is 5.75 Å². The Morgan fingerprint density at radius 2 is 1.90 bits per heavy atom. The van der Waals surface area contributed by atoms with Gasteiger partial charge in [-0.15, -0.1) is 0 Å². The summed E-state index contributed by atoms with van der Waals surface area (Å²) in [6.45, 7) is 3.20. The standard InChI is InChI=1S/C21H23NO6S/c1-3-29(25,26)22-10-9-16-12-17(7-8-19(16)22)20(23)13-28-21(24)14-27-18-6-4-5-15(2)11-18/h4-8,11-12H,3,9-10,13-14H2,1-2H3. The van der Waals surface area contributed by atoms with Gasteiger partial charge in [-0.3, -0.25) is 9.10 Å². The summed E-state index contributed by atoms with van der Waals surface area (Å²) in [6, 6.07) is 12.1. The number of aryl methyl sites for hydroxylation is 1. The number of rotatable bonds is 8. The number of benzene rings is 2. The second kappa shape index (κ2) is 8.65. The van der Waals surface area contributed by atoms with Gasteiger partial charge >= 0.3 is 5.97 Å². The van der Waals surface area contributed by atoms with Gasteiger partial charge in [-0.25, -0.2) is 13.2 Å². The lowest BCUT2D eigenvalue weighted by Crippen LogP contribution is -2.30. The highest BCUT2D eigenvalue weighted by atomic mass is 32.2. The van der Waals surface area contributed by atoms with E-state index in [-0.39, 0.29) is 18.1 Å². The van der Waals surface area contributed by atoms with Crippen LogP contribution < -0.4 is 9.04 Å². The predicted molar refractivity (Wildman–Crippen MR) is 109 cm³/mol. The molecule has 0 aliphatic carbocycles. The minimum absolute atomic E-state index is 0.0215. The molecule has 0 fully saturated rings. The normalized spacial score (nSPS) is 13.1. The zero-order chi connectivity index (χ0) is 21.0. The first-order chi connectivity index (χ1) is 13.8. The molecule has 29 heavy (non-hydrogen) atoms. The first-order valence-corrected chi connectivity index (χ1v) is 10.9. The largest absolute Gasteiger partial charge is 0.482 e. The molecule has 1 aliphatic heterocycles. The molecule has 0 amide bonds. The van der Waals surface area contributed by atoms with Crippen molar-refractivity contribution >= 4 is 27.5 Å². The van der Waals surface area contributed by atoms with Crippen LogP contribution in [-0.2, 0) is 26.0 Å². The first kappa shape index (κ1) is 20.9. The van der Waals surface area contributed by atoms with Crippen LogP contribution >= 0.6 is 0 Å². The Balaban J connectivity index is 1.55. The molecule has 0 unspecified atom stereocenters. The molecule has 1 heterocycles. The lowest BCUT2D eigenvalue weighted by Gasteiger charge is -2.18. The minimum atomic E-state index is -3.33. The number of sulfonamides is 1. The van der Waals surface area contributed by atoms with Crippen LogP contribution in [0.15, 0.2) is 42.5 Å². The highest BCUT2D eigenvalue weighted by Gasteiger charge is 2.28. The molecule has 0 spiro atoms. The molecule has 1 aliphatic rings. The number of esters is 1. The summed E-state index contributed by atoms with van der Waals surface area (Å²) < 4.78 is 36.0. The molecule has 8 heteroatoms. The Kier molecular flexibility index (Phi) is 6.22. The number of Topliss-reactive ketones (excluding diaryl/α,β-unsaturated/α-hetero) is 1. The summed E-state index contributed by atoms with van der Waals surface area (Å²) >= 11 is 0. The zero-order valence-electron chi connectivity index (χ0n) is 16.4. The number of hydrogen-bond acceptors (Lipinski definition) is 6. The van der Waals surface area contributed by atoms with Crippen LogP contribution in [0.1, 0.15) is 28.4 Å². The maximum Gasteiger partial charge on any atom is 0.344 e. The predicted octanol–water partition coefficient (Wildman–Crippen LogP) is 2.51. The molecule has 0 N–H and O–H groups in total. The van der Waals surface area contributed by atoms with Gasteiger partial charge in [0, 0.05) is 12.1 Å². The van der Waals surface area contributed by atoms with Crippen molar-refractivity contribution in [3.05, 3.63) is 59.2 Å². The molecule has 0 saturated carbocycles. The van der Waals surface area contributed by atoms with E-state index in [9.17, 15) is 18.0 Å². The third-order valence-corrected chi connectivity index (χ3v) is 6.45. The molecule has 3 rings (SSSR count). The molecule has 7 nitrogen and oxygen atoms in total. The van der Waals surface area contributed by atoms with E-state index in [0.717, 1.165) is 11.1 Å². The monoisotopic (exact) mass is 417 g/mol. The SMILES string of the molecule is CCS(=O)(=O)N1CCc2cc(C(=O)COC(=O)COc3cccc(C)c3)ccc21. The van der Waals surface area contributed by atoms with E-state index in [1.165, 1.54) is 4.31 Å². The van der Waals surface area contributed by atoms with Crippen LogP contribution in [0.25, 0.3) is 0 Å². The third-order valence-electron chi connectivity index (χ3n) is 4.67. The molecule has 0 aromatic heterocycles. The highest BCUT2D eigenvalue weighted by Crippen LogP contribution is 2.31. The average Bonchev–Trinajstić information content (AvgIpc) is 3.14. The summed E-state index contributed by atoms with van der Waals surface area (Å²) in [4.78, 5) is 24.2. The lowest BCUT2D eigenvalue weighted by atomic mass is 10.1. The number of hydrogen-bond donors (Lipinski definition) is 0. The number of ether oxygens (including phenoxy) is 2. The summed E-state index contributed by atoms with van der Waals surface area (Å²) in [7, 11) is -3.33. The van der Waals surface area contributed by atoms with Crippen LogP contribution in [0.5, 0.6) is 5.75 Å². The lowest BCUT2D eigenvalue weighted by molar-refractivity contribution is -0.144. The Morgan fingerprint density at radius 3 is 2.62 bits per heavy atom. The van der Waals surface area contributed by atoms with Crippen LogP contribution in [0.3, 0.4) is 0 Å². The second-order valence-electron chi connectivity index (χ2n) is 6.76. The highest BCUT2D eigenvalue weighted by molar-refractivity contribution is 7.92. The van der Waals surface area contributed by atoms with Gasteiger partial charge in [-0.1, -0.05) is 12.1 Å². The van der Waals surface area contributed by atoms with Crippen LogP contribution in [0.4, 0.5) is 5.69 Å². The van der Waals surface area contributed by atoms with Gasteiger partial charge in [0.05, 0.1) is 11.4 Å². The average molecular weight is 417 g/mol. The quantitative estimate of drug-likeness (QED) is 0.484. The van der Waals surface area contributed by atoms with Crippen molar-refractivity contribution in [3.8, 4) is 5.75 Å². The summed E-state index contributed by atoms with van der Waals surface area (Å²) in [5, 5.41) is 0. The van der Waals surface area contributed by atoms with Crippen molar-refractivity contribution in [2.45, 2.75) is 20.3 Å². The fourth-order valence-corrected chi connectivity index (χ4v) is 4.27. The van der Waals surface area contributed by atoms with E-state index in [0.29, 0.717) is 30.0 Å². The number of fused-ring (bicyclic) bond motifs is 1. The fraction of sp³-hybridized carbons (Fsp3) is 0.333. The maximum atomic E-state index is 12.4. The molecular formula is C21H23NO6S. The Morgan fingerprint density at radius 1 is 1.10 bits per heavy atom. The van der Waals surface area contributed by atoms with Gasteiger partial charge in [-0.05, 0) is 61.7 Å². The zero-order valence-corrected chi connectivity index (χ0v) is 17.2. The molecule has 2 aromatic rings. The van der Waals surface area contributed by atoms with Crippen molar-refractivity contribution in [2.24, 2.45) is 0 Å². The van der Waals surface area contributed by atoms with Gasteiger partial charge in [0.25, 0.3) is 0 Å². The third kappa shape index (κ3) is 4.95. The van der Waals surface area contributed by atoms with E-state index in [2.05, 4.69) is 0 Å². The van der Waals surface area contributed by atoms with Crippen LogP contribution in [0, 0.1) is 6.92 Å². The van der Waals surface area contributed by atoms with Crippen LogP contribution in [0.2, 0.25) is 0 Å². The Bertz CT molecular complexity index is 1030. The number of anilines is 1. The number of ketones is 1. The Labute approximate surface area is 170 Å². The van der Waals surface area contributed by atoms with E-state index >= 15 is 0 Å². The molecule has 0 atom stereocenters. The molecule has 154 valence electrons. The number of carbonyl (C=O) groups is 2. The van der Waals surface area contributed by atoms with Crippen molar-refractivity contribution in [1.29, 1.82) is 0 Å². The van der Waals surface area contributed by atoms with E-state index < -0.39 is 22.6 Å². The van der Waals surface area contributed by atoms with Crippen molar-refractivity contribution in [2.75, 3.05) is 29.8 Å². The topological polar surface area (TPSA) is 90.0 Å². The number of carbonyl (C=O) groups excluding carboxylic acids is 2. The summed E-state index contributed by atoms with van der Waals surface area (Å²) in [5.74, 6) is -0.415. The van der Waals surface area contributed by atoms with E-state index in [4.69, 9.17) is 9.47 Å². The molecule has 0 radical (unpaired) electrons. The van der Waals surface area contributed by atoms with Gasteiger partial charge in [0.2, 0.25) is 10.0 Å². The molecular weight excluding hydrogens is 394 g/mol. The maximum absolute atomic E-state index is 12.4. The Hall–Kier alpha value is -2.87. The van der Waals surface area contributed by atoms with Gasteiger partial charge in [0.15, 0.2) is 19.0 Å². The van der Waals surface area contributed by atoms with Crippen molar-refractivity contribution < 1.29 is 27.5 Å². The first-order valence-electron chi connectivity index (χ1n) is 9.32. The smallest absolute Gasteiger partial charge is 0.344 e. The van der Waals surface area contributed by atoms with Crippen molar-refractivity contribution in [1.82, 2.24) is 0 Å². The van der Waals surface area contributed by atoms with Gasteiger partial charge < -0.3 is 9.47 Å². The minimum Gasteiger partial charge on any atom is -0.482 e. The second-order valence-corrected chi connectivity index (χ2v) is 8.94. The summed E-state index contributed by atoms with van der Waals surface area (Å²) in [6.07, 6.45) is 0.541. The fourth-order valence-electron chi connectivity index (χ4n) is 3.11. The molecule has 0 bridgehead atoms. The van der Waals surface area contributed by atoms with E-state index in [1.54, 1.807) is 37.3 Å². The summed E-state index contributed by atoms with van der Waals surface area (Å²) in [5.41, 5.74) is 2.79. The number of nitrogens with zero attached hydrogens (tertiary/aromatic N) is 1. The van der Waals surface area contributed by atoms with Crippen molar-refractivity contribution in [3.63, 3.8) is 0 Å². The molecule has 0 saturated heterocycles. The van der Waals surface area contributed by atoms with E-state index in [1.807, 2.05) is 19.1 Å². The molecule has 2 aromatic carbocycles.